The molecule has 0 bridgehead atoms. The Bertz CT molecular complexity index is 296. The molecule has 0 amide bonds. The van der Waals surface area contributed by atoms with E-state index < -0.39 is 0 Å². The maximum Gasteiger partial charge on any atom is 0.126 e. The minimum Gasteiger partial charge on any atom is -0.310 e. The van der Waals surface area contributed by atoms with E-state index in [1.165, 1.54) is 0 Å². The van der Waals surface area contributed by atoms with Crippen LogP contribution < -0.4 is 5.32 Å². The first-order valence-electron chi connectivity index (χ1n) is 5.18. The van der Waals surface area contributed by atoms with Crippen molar-refractivity contribution in [2.75, 3.05) is 6.54 Å². The van der Waals surface area contributed by atoms with Gasteiger partial charge in [0.25, 0.3) is 0 Å². The SMILES string of the molecule is CCNC(CC)c1ccc(C)c(F)c1. The van der Waals surface area contributed by atoms with Gasteiger partial charge in [0.05, 0.1) is 0 Å². The molecule has 2 heteroatoms. The van der Waals surface area contributed by atoms with Gasteiger partial charge in [-0.05, 0) is 37.1 Å². The molecule has 1 rings (SSSR count). The zero-order valence-corrected chi connectivity index (χ0v) is 9.10. The summed E-state index contributed by atoms with van der Waals surface area (Å²) in [6, 6.07) is 5.74. The topological polar surface area (TPSA) is 12.0 Å². The van der Waals surface area contributed by atoms with E-state index in [-0.39, 0.29) is 11.9 Å². The highest BCUT2D eigenvalue weighted by Gasteiger charge is 2.08. The minimum atomic E-state index is -0.112. The maximum absolute atomic E-state index is 13.3. The van der Waals surface area contributed by atoms with Crippen LogP contribution in [0.25, 0.3) is 0 Å². The monoisotopic (exact) mass is 195 g/mol. The van der Waals surface area contributed by atoms with Crippen LogP contribution in [0.2, 0.25) is 0 Å². The quantitative estimate of drug-likeness (QED) is 0.778. The van der Waals surface area contributed by atoms with Crippen LogP contribution in [0, 0.1) is 12.7 Å². The molecule has 1 unspecified atom stereocenters. The van der Waals surface area contributed by atoms with Gasteiger partial charge in [-0.15, -0.1) is 0 Å². The molecular weight excluding hydrogens is 177 g/mol. The predicted octanol–water partition coefficient (Wildman–Crippen LogP) is 3.19. The lowest BCUT2D eigenvalue weighted by atomic mass is 10.0. The number of benzene rings is 1. The Hall–Kier alpha value is -0.890. The molecule has 1 atom stereocenters. The number of rotatable bonds is 4. The Kier molecular flexibility index (Phi) is 4.08. The van der Waals surface area contributed by atoms with E-state index in [0.717, 1.165) is 18.5 Å². The maximum atomic E-state index is 13.3. The van der Waals surface area contributed by atoms with Crippen LogP contribution in [0.3, 0.4) is 0 Å². The largest absolute Gasteiger partial charge is 0.310 e. The average molecular weight is 195 g/mol. The third-order valence-corrected chi connectivity index (χ3v) is 2.46. The normalized spacial score (nSPS) is 12.9. The fraction of sp³-hybridized carbons (Fsp3) is 0.500. The molecular formula is C12H18FN. The van der Waals surface area contributed by atoms with Crippen LogP contribution in [-0.2, 0) is 0 Å². The van der Waals surface area contributed by atoms with E-state index >= 15 is 0 Å². The average Bonchev–Trinajstić information content (AvgIpc) is 2.19. The lowest BCUT2D eigenvalue weighted by molar-refractivity contribution is 0.530. The molecule has 0 radical (unpaired) electrons. The second-order valence-corrected chi connectivity index (χ2v) is 3.53. The van der Waals surface area contributed by atoms with Crippen LogP contribution in [-0.4, -0.2) is 6.54 Å². The summed E-state index contributed by atoms with van der Waals surface area (Å²) in [5, 5.41) is 3.33. The van der Waals surface area contributed by atoms with Gasteiger partial charge in [0.2, 0.25) is 0 Å². The zero-order chi connectivity index (χ0) is 10.6. The van der Waals surface area contributed by atoms with Gasteiger partial charge < -0.3 is 5.32 Å². The molecule has 0 heterocycles. The number of hydrogen-bond donors (Lipinski definition) is 1. The minimum absolute atomic E-state index is 0.112. The summed E-state index contributed by atoms with van der Waals surface area (Å²) in [6.45, 7) is 6.86. The van der Waals surface area contributed by atoms with Gasteiger partial charge >= 0.3 is 0 Å². The first kappa shape index (κ1) is 11.2. The summed E-state index contributed by atoms with van der Waals surface area (Å²) in [4.78, 5) is 0. The van der Waals surface area contributed by atoms with Crippen LogP contribution in [0.15, 0.2) is 18.2 Å². The first-order chi connectivity index (χ1) is 6.69. The van der Waals surface area contributed by atoms with E-state index in [1.807, 2.05) is 12.1 Å². The van der Waals surface area contributed by atoms with Crippen molar-refractivity contribution in [3.05, 3.63) is 35.1 Å². The van der Waals surface area contributed by atoms with Gasteiger partial charge in [-0.2, -0.15) is 0 Å². The van der Waals surface area contributed by atoms with E-state index in [4.69, 9.17) is 0 Å². The summed E-state index contributed by atoms with van der Waals surface area (Å²) < 4.78 is 13.3. The Morgan fingerprint density at radius 3 is 2.57 bits per heavy atom. The van der Waals surface area contributed by atoms with Crippen molar-refractivity contribution in [1.82, 2.24) is 5.32 Å². The van der Waals surface area contributed by atoms with E-state index in [0.29, 0.717) is 5.56 Å². The summed E-state index contributed by atoms with van der Waals surface area (Å²) in [5.41, 5.74) is 1.75. The molecule has 1 N–H and O–H groups in total. The molecule has 0 fully saturated rings. The summed E-state index contributed by atoms with van der Waals surface area (Å²) >= 11 is 0. The van der Waals surface area contributed by atoms with E-state index in [2.05, 4.69) is 19.2 Å². The summed E-state index contributed by atoms with van der Waals surface area (Å²) in [5.74, 6) is -0.112. The van der Waals surface area contributed by atoms with Crippen molar-refractivity contribution in [2.45, 2.75) is 33.2 Å². The van der Waals surface area contributed by atoms with Gasteiger partial charge in [0.15, 0.2) is 0 Å². The molecule has 0 aliphatic heterocycles. The van der Waals surface area contributed by atoms with E-state index in [1.54, 1.807) is 13.0 Å². The zero-order valence-electron chi connectivity index (χ0n) is 9.10. The number of hydrogen-bond acceptors (Lipinski definition) is 1. The Balaban J connectivity index is 2.88. The van der Waals surface area contributed by atoms with Crippen LogP contribution in [0.1, 0.15) is 37.4 Å². The van der Waals surface area contributed by atoms with Crippen LogP contribution in [0.4, 0.5) is 4.39 Å². The molecule has 0 saturated carbocycles. The van der Waals surface area contributed by atoms with Gasteiger partial charge in [0.1, 0.15) is 5.82 Å². The predicted molar refractivity (Wildman–Crippen MR) is 57.8 cm³/mol. The van der Waals surface area contributed by atoms with Crippen LogP contribution >= 0.6 is 0 Å². The Labute approximate surface area is 85.3 Å². The third-order valence-electron chi connectivity index (χ3n) is 2.46. The molecule has 0 spiro atoms. The molecule has 78 valence electrons. The van der Waals surface area contributed by atoms with Crippen LogP contribution in [0.5, 0.6) is 0 Å². The Morgan fingerprint density at radius 1 is 1.36 bits per heavy atom. The standard InChI is InChI=1S/C12H18FN/c1-4-12(14-5-2)10-7-6-9(3)11(13)8-10/h6-8,12,14H,4-5H2,1-3H3. The molecule has 0 aromatic heterocycles. The van der Waals surface area contributed by atoms with Gasteiger partial charge in [-0.3, -0.25) is 0 Å². The lowest BCUT2D eigenvalue weighted by Gasteiger charge is -2.16. The van der Waals surface area contributed by atoms with Crippen molar-refractivity contribution in [3.8, 4) is 0 Å². The van der Waals surface area contributed by atoms with Crippen molar-refractivity contribution >= 4 is 0 Å². The second-order valence-electron chi connectivity index (χ2n) is 3.53. The summed E-state index contributed by atoms with van der Waals surface area (Å²) in [7, 11) is 0. The highest BCUT2D eigenvalue weighted by molar-refractivity contribution is 5.25. The third kappa shape index (κ3) is 2.55. The highest BCUT2D eigenvalue weighted by atomic mass is 19.1. The smallest absolute Gasteiger partial charge is 0.126 e. The molecule has 1 nitrogen and oxygen atoms in total. The lowest BCUT2D eigenvalue weighted by Crippen LogP contribution is -2.20. The van der Waals surface area contributed by atoms with Crippen molar-refractivity contribution in [3.63, 3.8) is 0 Å². The van der Waals surface area contributed by atoms with Crippen molar-refractivity contribution in [2.24, 2.45) is 0 Å². The van der Waals surface area contributed by atoms with E-state index in [9.17, 15) is 4.39 Å². The molecule has 0 aliphatic rings. The number of nitrogens with one attached hydrogen (secondary N) is 1. The number of halogens is 1. The second kappa shape index (κ2) is 5.11. The number of aryl methyl sites for hydroxylation is 1. The fourth-order valence-electron chi connectivity index (χ4n) is 1.57. The summed E-state index contributed by atoms with van der Waals surface area (Å²) in [6.07, 6.45) is 0.982. The van der Waals surface area contributed by atoms with Crippen molar-refractivity contribution < 1.29 is 4.39 Å². The molecule has 14 heavy (non-hydrogen) atoms. The van der Waals surface area contributed by atoms with Gasteiger partial charge in [-0.1, -0.05) is 26.0 Å². The molecule has 0 aliphatic carbocycles. The highest BCUT2D eigenvalue weighted by Crippen LogP contribution is 2.18. The van der Waals surface area contributed by atoms with Gasteiger partial charge in [-0.25, -0.2) is 4.39 Å². The first-order valence-corrected chi connectivity index (χ1v) is 5.18. The Morgan fingerprint density at radius 2 is 2.07 bits per heavy atom. The molecule has 1 aromatic carbocycles. The van der Waals surface area contributed by atoms with Gasteiger partial charge in [0, 0.05) is 6.04 Å². The molecule has 1 aromatic rings. The van der Waals surface area contributed by atoms with Crippen molar-refractivity contribution in [1.29, 1.82) is 0 Å². The fourth-order valence-corrected chi connectivity index (χ4v) is 1.57. The molecule has 0 saturated heterocycles.